The molecule has 0 aromatic rings. The van der Waals surface area contributed by atoms with Gasteiger partial charge in [-0.1, -0.05) is 307 Å². The fourth-order valence-corrected chi connectivity index (χ4v) is 12.2. The fraction of sp³-hybridized carbons (Fsp3) is 0.667. The van der Waals surface area contributed by atoms with Gasteiger partial charge in [0.05, 0.1) is 26.4 Å². The summed E-state index contributed by atoms with van der Waals surface area (Å²) in [6, 6.07) is 0. The molecule has 0 rings (SSSR count). The minimum atomic E-state index is -4.94. The summed E-state index contributed by atoms with van der Waals surface area (Å²) in [5.41, 5.74) is 0. The highest BCUT2D eigenvalue weighted by molar-refractivity contribution is 7.47. The number of ether oxygens (including phenoxy) is 3. The molecule has 0 fully saturated rings. The molecule has 0 aromatic heterocycles. The van der Waals surface area contributed by atoms with Crippen molar-refractivity contribution in [3.63, 3.8) is 0 Å². The first-order chi connectivity index (χ1) is 51.2. The van der Waals surface area contributed by atoms with Crippen LogP contribution in [-0.4, -0.2) is 95.9 Å². The van der Waals surface area contributed by atoms with Gasteiger partial charge in [-0.05, 0) is 148 Å². The van der Waals surface area contributed by atoms with E-state index in [-0.39, 0.29) is 19.3 Å². The molecule has 16 nitrogen and oxygen atoms in total. The van der Waals surface area contributed by atoms with E-state index in [9.17, 15) is 43.5 Å². The van der Waals surface area contributed by atoms with Gasteiger partial charge in [0.15, 0.2) is 6.10 Å². The van der Waals surface area contributed by atoms with E-state index in [4.69, 9.17) is 32.3 Å². The number of aliphatic hydroxyl groups is 2. The van der Waals surface area contributed by atoms with Crippen LogP contribution in [0.2, 0.25) is 0 Å². The van der Waals surface area contributed by atoms with E-state index in [1.807, 2.05) is 0 Å². The summed E-state index contributed by atoms with van der Waals surface area (Å²) in [5, 5.41) is 20.6. The van der Waals surface area contributed by atoms with E-state index >= 15 is 0 Å². The minimum Gasteiger partial charge on any atom is -0.463 e. The number of carbonyl (C=O) groups excluding carboxylic acids is 3. The lowest BCUT2D eigenvalue weighted by atomic mass is 10.0. The number of hydrogen-bond donors (Lipinski definition) is 4. The molecule has 0 aliphatic rings. The molecule has 0 spiro atoms. The highest BCUT2D eigenvalue weighted by Crippen LogP contribution is 2.45. The van der Waals surface area contributed by atoms with Crippen LogP contribution in [0.25, 0.3) is 0 Å². The summed E-state index contributed by atoms with van der Waals surface area (Å²) in [6.45, 7) is 2.37. The molecule has 5 unspecified atom stereocenters. The second-order valence-corrected chi connectivity index (χ2v) is 29.7. The van der Waals surface area contributed by atoms with Crippen molar-refractivity contribution in [3.8, 4) is 0 Å². The van der Waals surface area contributed by atoms with Crippen LogP contribution in [0.15, 0.2) is 158 Å². The number of allylic oxidation sites excluding steroid dienone is 26. The van der Waals surface area contributed by atoms with Crippen molar-refractivity contribution in [2.45, 2.75) is 334 Å². The Morgan fingerprint density at radius 1 is 0.276 bits per heavy atom. The summed E-state index contributed by atoms with van der Waals surface area (Å²) in [7, 11) is -9.81. The maximum Gasteiger partial charge on any atom is 0.472 e. The number of esters is 3. The van der Waals surface area contributed by atoms with Crippen molar-refractivity contribution in [2.24, 2.45) is 0 Å². The predicted octanol–water partition coefficient (Wildman–Crippen LogP) is 24.2. The van der Waals surface area contributed by atoms with Crippen LogP contribution in [0, 0.1) is 0 Å². The molecule has 0 heterocycles. The molecular formula is C87H146O16P2. The monoisotopic (exact) mass is 1510 g/mol. The average Bonchev–Trinajstić information content (AvgIpc) is 0.942. The normalized spacial score (nSPS) is 14.8. The lowest BCUT2D eigenvalue weighted by molar-refractivity contribution is -0.161. The number of hydrogen-bond acceptors (Lipinski definition) is 14. The Balaban J connectivity index is 4.45. The van der Waals surface area contributed by atoms with E-state index in [0.29, 0.717) is 19.3 Å². The second kappa shape index (κ2) is 78.7. The van der Waals surface area contributed by atoms with E-state index in [1.165, 1.54) is 103 Å². The Bertz CT molecular complexity index is 2540. The van der Waals surface area contributed by atoms with E-state index < -0.39 is 91.5 Å². The molecule has 0 bridgehead atoms. The van der Waals surface area contributed by atoms with Gasteiger partial charge in [-0.2, -0.15) is 0 Å². The third-order valence-corrected chi connectivity index (χ3v) is 18.6. The van der Waals surface area contributed by atoms with Gasteiger partial charge in [-0.25, -0.2) is 9.13 Å². The summed E-state index contributed by atoms with van der Waals surface area (Å²) >= 11 is 0. The van der Waals surface area contributed by atoms with Crippen LogP contribution in [-0.2, 0) is 55.8 Å². The molecule has 600 valence electrons. The van der Waals surface area contributed by atoms with Gasteiger partial charge in [0.1, 0.15) is 25.4 Å². The first kappa shape index (κ1) is 100. The second-order valence-electron chi connectivity index (χ2n) is 26.8. The maximum absolute atomic E-state index is 13.0. The van der Waals surface area contributed by atoms with Gasteiger partial charge in [0.25, 0.3) is 0 Å². The van der Waals surface area contributed by atoms with E-state index in [0.717, 1.165) is 154 Å². The van der Waals surface area contributed by atoms with E-state index in [1.54, 1.807) is 0 Å². The molecule has 0 amide bonds. The zero-order valence-corrected chi connectivity index (χ0v) is 67.4. The highest BCUT2D eigenvalue weighted by Gasteiger charge is 2.29. The van der Waals surface area contributed by atoms with Crippen molar-refractivity contribution in [1.29, 1.82) is 0 Å². The SMILES string of the molecule is CC/C=C\C/C=C\C/C=C\C/C=C\C/C=C\C/C=C\CCCCCCCCCCCCCCCCCCC(=O)OCC(O)COP(=O)(O)OCC(O)COP(=O)(O)OCC(COC(=O)CCCCC/C=C\C/C=C\C/C=C\C/C=C\C/C=C\CC)OC(=O)CCCCCCC/C=C\C/C=C\CCCCC. The van der Waals surface area contributed by atoms with Crippen molar-refractivity contribution < 1.29 is 75.8 Å². The van der Waals surface area contributed by atoms with Crippen LogP contribution in [0.3, 0.4) is 0 Å². The first-order valence-corrected chi connectivity index (χ1v) is 43.8. The maximum atomic E-state index is 13.0. The zero-order chi connectivity index (χ0) is 76.6. The number of phosphoric ester groups is 2. The van der Waals surface area contributed by atoms with Gasteiger partial charge in [0.2, 0.25) is 0 Å². The molecule has 0 aliphatic heterocycles. The summed E-state index contributed by atoms with van der Waals surface area (Å²) in [5.74, 6) is -1.63. The average molecular weight is 1510 g/mol. The molecule has 0 aliphatic carbocycles. The van der Waals surface area contributed by atoms with Crippen LogP contribution in [0.1, 0.15) is 316 Å². The van der Waals surface area contributed by atoms with Crippen LogP contribution in [0.4, 0.5) is 0 Å². The topological polar surface area (TPSA) is 231 Å². The van der Waals surface area contributed by atoms with Crippen LogP contribution >= 0.6 is 15.6 Å². The quantitative estimate of drug-likeness (QED) is 0.0146. The van der Waals surface area contributed by atoms with Gasteiger partial charge in [0, 0.05) is 19.3 Å². The predicted molar refractivity (Wildman–Crippen MR) is 435 cm³/mol. The van der Waals surface area contributed by atoms with Gasteiger partial charge >= 0.3 is 33.6 Å². The molecule has 0 radical (unpaired) electrons. The Labute approximate surface area is 638 Å². The standard InChI is InChI=1S/C87H146O16P2/c1-4-7-10-13-16-19-22-25-28-30-32-33-34-35-36-37-38-39-40-41-42-43-44-45-46-47-49-51-53-55-58-61-64-67-70-73-85(90)97-76-82(88)77-99-104(93,94)100-78-83(89)79-101-105(95,96)102-81-84(103-87(92)75-72-69-66-63-60-57-52-27-24-21-18-15-12-9-6-3)80-98-86(91)74-71-68-65-62-59-56-54-50-48-31-29-26-23-20-17-14-11-8-5-2/h7-8,10-11,16-21,25-29,32-33,35-36,38-39,48,50,52,56,59,82-84,88-89H,4-6,9,12-15,22-24,30-31,34,37,40-47,49,51,53-55,57-58,60-81H2,1-3H3,(H,93,94)(H,95,96)/b10-7-,11-8-,19-16-,20-17-,21-18-,28-25-,29-26-,33-32-,36-35-,39-38-,50-48-,52-27-,59-56-. The molecule has 5 atom stereocenters. The number of rotatable bonds is 76. The summed E-state index contributed by atoms with van der Waals surface area (Å²) in [4.78, 5) is 58.6. The van der Waals surface area contributed by atoms with Crippen LogP contribution in [0.5, 0.6) is 0 Å². The zero-order valence-electron chi connectivity index (χ0n) is 65.6. The third-order valence-electron chi connectivity index (χ3n) is 16.7. The van der Waals surface area contributed by atoms with Crippen molar-refractivity contribution in [3.05, 3.63) is 158 Å². The number of unbranched alkanes of at least 4 members (excludes halogenated alkanes) is 27. The lowest BCUT2D eigenvalue weighted by Crippen LogP contribution is -2.30. The third kappa shape index (κ3) is 80.0. The Morgan fingerprint density at radius 3 is 0.810 bits per heavy atom. The Morgan fingerprint density at radius 2 is 0.505 bits per heavy atom. The Hall–Kier alpha value is -4.83. The molecular weight excluding hydrogens is 1360 g/mol. The van der Waals surface area contributed by atoms with Crippen molar-refractivity contribution >= 4 is 33.6 Å². The van der Waals surface area contributed by atoms with Crippen molar-refractivity contribution in [1.82, 2.24) is 0 Å². The first-order valence-electron chi connectivity index (χ1n) is 40.8. The smallest absolute Gasteiger partial charge is 0.463 e. The van der Waals surface area contributed by atoms with Gasteiger partial charge < -0.3 is 34.2 Å². The van der Waals surface area contributed by atoms with Gasteiger partial charge in [-0.15, -0.1) is 0 Å². The summed E-state index contributed by atoms with van der Waals surface area (Å²) in [6.07, 6.45) is 98.8. The van der Waals surface area contributed by atoms with Crippen molar-refractivity contribution in [2.75, 3.05) is 39.6 Å². The highest BCUT2D eigenvalue weighted by atomic mass is 31.2. The minimum absolute atomic E-state index is 0.0774. The molecule has 18 heteroatoms. The lowest BCUT2D eigenvalue weighted by Gasteiger charge is -2.21. The molecule has 0 saturated heterocycles. The molecule has 0 aromatic carbocycles. The Kier molecular flexibility index (Phi) is 75.1. The molecule has 0 saturated carbocycles. The van der Waals surface area contributed by atoms with Gasteiger partial charge in [-0.3, -0.25) is 32.5 Å². The number of aliphatic hydroxyl groups excluding tert-OH is 2. The number of phosphoric acid groups is 2. The van der Waals surface area contributed by atoms with Crippen LogP contribution < -0.4 is 0 Å². The van der Waals surface area contributed by atoms with E-state index in [2.05, 4.69) is 179 Å². The number of carbonyl (C=O) groups is 3. The fourth-order valence-electron chi connectivity index (χ4n) is 10.6. The molecule has 105 heavy (non-hydrogen) atoms. The largest absolute Gasteiger partial charge is 0.472 e. The molecule has 4 N–H and O–H groups in total. The summed E-state index contributed by atoms with van der Waals surface area (Å²) < 4.78 is 61.1.